The molecule has 1 spiro atoms. The Balaban J connectivity index is 1.51. The topological polar surface area (TPSA) is 102 Å². The maximum atomic E-state index is 13.2. The summed E-state index contributed by atoms with van der Waals surface area (Å²) in [6.45, 7) is 5.68. The zero-order valence-electron chi connectivity index (χ0n) is 18.7. The Labute approximate surface area is 188 Å². The van der Waals surface area contributed by atoms with Gasteiger partial charge in [0.05, 0.1) is 16.6 Å². The number of benzene rings is 1. The van der Waals surface area contributed by atoms with Crippen LogP contribution in [0.25, 0.3) is 0 Å². The third kappa shape index (κ3) is 2.47. The lowest BCUT2D eigenvalue weighted by atomic mass is 9.49. The van der Waals surface area contributed by atoms with Crippen LogP contribution in [0.5, 0.6) is 11.5 Å². The van der Waals surface area contributed by atoms with Gasteiger partial charge in [0.15, 0.2) is 17.6 Å². The zero-order valence-corrected chi connectivity index (χ0v) is 18.7. The fourth-order valence-corrected chi connectivity index (χ4v) is 6.78. The maximum Gasteiger partial charge on any atom is 0.251 e. The van der Waals surface area contributed by atoms with Crippen molar-refractivity contribution in [3.63, 3.8) is 0 Å². The lowest BCUT2D eigenvalue weighted by molar-refractivity contribution is -0.172. The van der Waals surface area contributed by atoms with Crippen LogP contribution < -0.4 is 10.1 Å². The minimum atomic E-state index is -1.26. The summed E-state index contributed by atoms with van der Waals surface area (Å²) in [5, 5.41) is 37.4. The molecule has 4 N–H and O–H groups in total. The fourth-order valence-electron chi connectivity index (χ4n) is 6.78. The number of phenolic OH excluding ortho intramolecular Hbond substituents is 1. The van der Waals surface area contributed by atoms with Gasteiger partial charge in [-0.05, 0) is 63.1 Å². The standard InChI is InChI=1S/C25H32N2O5/c1-3-13(2)26-23(30)16-11-25(31)18-10-15-6-7-17(28)21-19(15)24(25,22(32-21)20(16)29)8-9-27(18)12-14-4-5-14/h6-7,13-14,18,22,28-29,31H,3-5,8-12H2,1-2H3,(H,26,30)/t13?,18-,22+,24+,25-/m1/s1. The lowest BCUT2D eigenvalue weighted by Gasteiger charge is -2.62. The molecule has 7 heteroatoms. The van der Waals surface area contributed by atoms with Crippen LogP contribution in [0.1, 0.15) is 57.1 Å². The van der Waals surface area contributed by atoms with Crippen molar-refractivity contribution >= 4 is 5.91 Å². The van der Waals surface area contributed by atoms with Crippen LogP contribution in [-0.4, -0.2) is 63.0 Å². The van der Waals surface area contributed by atoms with Gasteiger partial charge in [-0.3, -0.25) is 9.69 Å². The highest BCUT2D eigenvalue weighted by atomic mass is 16.5. The van der Waals surface area contributed by atoms with Crippen LogP contribution >= 0.6 is 0 Å². The van der Waals surface area contributed by atoms with Gasteiger partial charge in [-0.25, -0.2) is 0 Å². The average Bonchev–Trinajstić information content (AvgIpc) is 3.50. The maximum absolute atomic E-state index is 13.2. The second kappa shape index (κ2) is 6.64. The molecule has 3 aliphatic carbocycles. The van der Waals surface area contributed by atoms with E-state index in [1.807, 2.05) is 19.9 Å². The Morgan fingerprint density at radius 3 is 2.84 bits per heavy atom. The summed E-state index contributed by atoms with van der Waals surface area (Å²) in [4.78, 5) is 15.6. The number of carbonyl (C=O) groups excluding carboxylic acids is 1. The Kier molecular flexibility index (Phi) is 4.22. The van der Waals surface area contributed by atoms with Crippen LogP contribution in [0.15, 0.2) is 23.5 Å². The molecule has 172 valence electrons. The smallest absolute Gasteiger partial charge is 0.251 e. The second-order valence-electron chi connectivity index (χ2n) is 10.6. The quantitative estimate of drug-likeness (QED) is 0.560. The summed E-state index contributed by atoms with van der Waals surface area (Å²) < 4.78 is 6.21. The number of rotatable bonds is 5. The SMILES string of the molecule is CCC(C)NC(=O)C1=C(O)[C@@H]2Oc3c(O)ccc4c3[C@@]23CCN(CC2CC2)[C@H](C4)[C@]3(O)C1. The molecule has 7 nitrogen and oxygen atoms in total. The average molecular weight is 441 g/mol. The molecule has 1 aromatic carbocycles. The largest absolute Gasteiger partial charge is 0.508 e. The number of aromatic hydroxyl groups is 1. The summed E-state index contributed by atoms with van der Waals surface area (Å²) in [7, 11) is 0. The molecule has 1 amide bonds. The van der Waals surface area contributed by atoms with E-state index in [0.717, 1.165) is 30.6 Å². The highest BCUT2D eigenvalue weighted by molar-refractivity contribution is 5.95. The van der Waals surface area contributed by atoms with Crippen molar-refractivity contribution in [1.29, 1.82) is 0 Å². The molecule has 2 heterocycles. The molecule has 1 unspecified atom stereocenters. The number of nitrogens with one attached hydrogen (secondary N) is 1. The zero-order chi connectivity index (χ0) is 22.4. The van der Waals surface area contributed by atoms with E-state index in [2.05, 4.69) is 10.2 Å². The third-order valence-corrected chi connectivity index (χ3v) is 8.78. The number of nitrogens with zero attached hydrogens (tertiary/aromatic N) is 1. The number of ether oxygens (including phenoxy) is 1. The minimum absolute atomic E-state index is 0.0205. The molecule has 32 heavy (non-hydrogen) atoms. The van der Waals surface area contributed by atoms with E-state index in [-0.39, 0.29) is 41.5 Å². The summed E-state index contributed by atoms with van der Waals surface area (Å²) >= 11 is 0. The van der Waals surface area contributed by atoms with Crippen molar-refractivity contribution in [2.45, 2.75) is 81.6 Å². The van der Waals surface area contributed by atoms with Gasteiger partial charge in [0, 0.05) is 30.6 Å². The Bertz CT molecular complexity index is 1030. The molecule has 1 aromatic rings. The van der Waals surface area contributed by atoms with Gasteiger partial charge in [0.1, 0.15) is 5.76 Å². The van der Waals surface area contributed by atoms with Crippen molar-refractivity contribution in [2.75, 3.05) is 13.1 Å². The number of likely N-dealkylation sites (tertiary alicyclic amines) is 1. The second-order valence-corrected chi connectivity index (χ2v) is 10.6. The molecule has 1 saturated heterocycles. The van der Waals surface area contributed by atoms with Gasteiger partial charge >= 0.3 is 0 Å². The van der Waals surface area contributed by atoms with Crippen molar-refractivity contribution in [3.8, 4) is 11.5 Å². The Morgan fingerprint density at radius 2 is 2.12 bits per heavy atom. The molecular formula is C25H32N2O5. The molecule has 5 aliphatic rings. The third-order valence-electron chi connectivity index (χ3n) is 8.78. The predicted octanol–water partition coefficient (Wildman–Crippen LogP) is 2.29. The molecule has 0 radical (unpaired) electrons. The van der Waals surface area contributed by atoms with Crippen molar-refractivity contribution in [3.05, 3.63) is 34.6 Å². The monoisotopic (exact) mass is 440 g/mol. The van der Waals surface area contributed by atoms with Crippen molar-refractivity contribution < 1.29 is 24.9 Å². The molecule has 1 saturated carbocycles. The van der Waals surface area contributed by atoms with E-state index in [1.54, 1.807) is 6.07 Å². The molecule has 2 fully saturated rings. The normalized spacial score (nSPS) is 35.8. The number of hydrogen-bond acceptors (Lipinski definition) is 6. The molecule has 5 atom stereocenters. The van der Waals surface area contributed by atoms with Crippen LogP contribution in [0.3, 0.4) is 0 Å². The Morgan fingerprint density at radius 1 is 1.34 bits per heavy atom. The van der Waals surface area contributed by atoms with Gasteiger partial charge < -0.3 is 25.4 Å². The van der Waals surface area contributed by atoms with Crippen molar-refractivity contribution in [1.82, 2.24) is 10.2 Å². The van der Waals surface area contributed by atoms with E-state index < -0.39 is 17.1 Å². The van der Waals surface area contributed by atoms with Crippen LogP contribution in [0, 0.1) is 5.92 Å². The summed E-state index contributed by atoms with van der Waals surface area (Å²) in [5.41, 5.74) is -0.00655. The summed E-state index contributed by atoms with van der Waals surface area (Å²) in [5.74, 6) is 0.609. The van der Waals surface area contributed by atoms with E-state index >= 15 is 0 Å². The first-order chi connectivity index (χ1) is 15.3. The first kappa shape index (κ1) is 20.4. The number of aliphatic hydroxyl groups is 2. The lowest BCUT2D eigenvalue weighted by Crippen LogP contribution is -2.75. The summed E-state index contributed by atoms with van der Waals surface area (Å²) in [6, 6.07) is 3.37. The number of carbonyl (C=O) groups is 1. The number of aliphatic hydroxyl groups excluding tert-OH is 1. The number of phenols is 1. The molecule has 2 aliphatic heterocycles. The van der Waals surface area contributed by atoms with Gasteiger partial charge in [0.25, 0.3) is 5.91 Å². The predicted molar refractivity (Wildman–Crippen MR) is 118 cm³/mol. The van der Waals surface area contributed by atoms with Crippen molar-refractivity contribution in [2.24, 2.45) is 5.92 Å². The Hall–Kier alpha value is -2.25. The number of amides is 1. The first-order valence-electron chi connectivity index (χ1n) is 12.0. The fraction of sp³-hybridized carbons (Fsp3) is 0.640. The highest BCUT2D eigenvalue weighted by Gasteiger charge is 2.73. The van der Waals surface area contributed by atoms with Gasteiger partial charge in [-0.15, -0.1) is 0 Å². The molecule has 6 rings (SSSR count). The number of piperidine rings is 1. The van der Waals surface area contributed by atoms with E-state index in [1.165, 1.54) is 12.8 Å². The molecule has 2 bridgehead atoms. The van der Waals surface area contributed by atoms with Crippen LogP contribution in [0.2, 0.25) is 0 Å². The summed E-state index contributed by atoms with van der Waals surface area (Å²) in [6.07, 6.45) is 3.71. The van der Waals surface area contributed by atoms with E-state index in [4.69, 9.17) is 4.74 Å². The van der Waals surface area contributed by atoms with Gasteiger partial charge in [-0.2, -0.15) is 0 Å². The van der Waals surface area contributed by atoms with Gasteiger partial charge in [-0.1, -0.05) is 13.0 Å². The van der Waals surface area contributed by atoms with E-state index in [0.29, 0.717) is 24.5 Å². The highest BCUT2D eigenvalue weighted by Crippen LogP contribution is 2.66. The van der Waals surface area contributed by atoms with E-state index in [9.17, 15) is 20.1 Å². The minimum Gasteiger partial charge on any atom is -0.508 e. The molecular weight excluding hydrogens is 408 g/mol. The molecule has 0 aromatic heterocycles. The first-order valence-corrected chi connectivity index (χ1v) is 12.0. The van der Waals surface area contributed by atoms with Gasteiger partial charge in [0.2, 0.25) is 0 Å². The number of hydrogen-bond donors (Lipinski definition) is 4. The van der Waals surface area contributed by atoms with Crippen LogP contribution in [0.4, 0.5) is 0 Å². The van der Waals surface area contributed by atoms with Crippen LogP contribution in [-0.2, 0) is 16.6 Å².